The van der Waals surface area contributed by atoms with Gasteiger partial charge in [0.15, 0.2) is 0 Å². The van der Waals surface area contributed by atoms with E-state index in [4.69, 9.17) is 0 Å². The zero-order valence-electron chi connectivity index (χ0n) is 20.4. The summed E-state index contributed by atoms with van der Waals surface area (Å²) in [6, 6.07) is 54.4. The van der Waals surface area contributed by atoms with E-state index in [1.54, 1.807) is 0 Å². The summed E-state index contributed by atoms with van der Waals surface area (Å²) in [5.41, 5.74) is 11.0. The lowest BCUT2D eigenvalue weighted by molar-refractivity contribution is 1.18. The van der Waals surface area contributed by atoms with Gasteiger partial charge in [-0.3, -0.25) is 0 Å². The second kappa shape index (κ2) is 8.96. The minimum absolute atomic E-state index is 1.19. The molecule has 1 nitrogen and oxygen atoms in total. The summed E-state index contributed by atoms with van der Waals surface area (Å²) < 4.78 is 2.41. The van der Waals surface area contributed by atoms with E-state index in [1.165, 1.54) is 60.9 Å². The van der Waals surface area contributed by atoms with Crippen molar-refractivity contribution in [1.29, 1.82) is 0 Å². The molecule has 6 aromatic carbocycles. The zero-order valence-corrected chi connectivity index (χ0v) is 20.4. The van der Waals surface area contributed by atoms with Crippen LogP contribution in [0.25, 0.3) is 60.9 Å². The normalized spacial score (nSPS) is 11.2. The monoisotopic (exact) mass is 471 g/mol. The predicted molar refractivity (Wildman–Crippen MR) is 157 cm³/mol. The number of aromatic nitrogens is 1. The van der Waals surface area contributed by atoms with Crippen LogP contribution in [-0.4, -0.2) is 4.57 Å². The van der Waals surface area contributed by atoms with Crippen molar-refractivity contribution in [3.8, 4) is 39.1 Å². The maximum Gasteiger partial charge on any atom is 0.0541 e. The Balaban J connectivity index is 1.44. The van der Waals surface area contributed by atoms with Crippen LogP contribution in [0, 0.1) is 0 Å². The first-order valence-corrected chi connectivity index (χ1v) is 12.7. The smallest absolute Gasteiger partial charge is 0.0541 e. The maximum absolute atomic E-state index is 2.41. The molecule has 7 aromatic rings. The van der Waals surface area contributed by atoms with Gasteiger partial charge in [0.1, 0.15) is 0 Å². The van der Waals surface area contributed by atoms with E-state index in [0.717, 1.165) is 0 Å². The van der Waals surface area contributed by atoms with Gasteiger partial charge in [-0.2, -0.15) is 0 Å². The van der Waals surface area contributed by atoms with Gasteiger partial charge in [-0.05, 0) is 58.1 Å². The van der Waals surface area contributed by atoms with Crippen molar-refractivity contribution in [2.45, 2.75) is 0 Å². The van der Waals surface area contributed by atoms with Crippen molar-refractivity contribution < 1.29 is 0 Å². The molecule has 1 heterocycles. The Hall–Kier alpha value is -4.88. The predicted octanol–water partition coefficient (Wildman–Crippen LogP) is 9.78. The van der Waals surface area contributed by atoms with Crippen LogP contribution in [0.1, 0.15) is 0 Å². The van der Waals surface area contributed by atoms with E-state index >= 15 is 0 Å². The molecule has 0 fully saturated rings. The molecule has 174 valence electrons. The second-order valence-corrected chi connectivity index (χ2v) is 9.41. The first-order valence-electron chi connectivity index (χ1n) is 12.7. The molecule has 1 aromatic heterocycles. The number of fused-ring (bicyclic) bond motifs is 3. The van der Waals surface area contributed by atoms with Crippen molar-refractivity contribution in [2.24, 2.45) is 0 Å². The van der Waals surface area contributed by atoms with Crippen molar-refractivity contribution in [3.05, 3.63) is 152 Å². The van der Waals surface area contributed by atoms with Crippen molar-refractivity contribution >= 4 is 21.8 Å². The van der Waals surface area contributed by atoms with E-state index in [2.05, 4.69) is 156 Å². The van der Waals surface area contributed by atoms with Gasteiger partial charge in [0.05, 0.1) is 16.7 Å². The van der Waals surface area contributed by atoms with Crippen LogP contribution in [0.15, 0.2) is 152 Å². The number of para-hydroxylation sites is 2. The molecule has 0 aliphatic carbocycles. The van der Waals surface area contributed by atoms with Crippen molar-refractivity contribution in [2.75, 3.05) is 0 Å². The van der Waals surface area contributed by atoms with Crippen LogP contribution in [0.4, 0.5) is 0 Å². The largest absolute Gasteiger partial charge is 0.309 e. The molecular weight excluding hydrogens is 446 g/mol. The Morgan fingerprint density at radius 3 is 1.70 bits per heavy atom. The Morgan fingerprint density at radius 1 is 0.324 bits per heavy atom. The third-order valence-electron chi connectivity index (χ3n) is 7.21. The lowest BCUT2D eigenvalue weighted by atomic mass is 9.98. The van der Waals surface area contributed by atoms with Crippen LogP contribution < -0.4 is 0 Å². The fourth-order valence-corrected chi connectivity index (χ4v) is 5.45. The van der Waals surface area contributed by atoms with Gasteiger partial charge in [-0.25, -0.2) is 0 Å². The summed E-state index contributed by atoms with van der Waals surface area (Å²) in [6.07, 6.45) is 0. The van der Waals surface area contributed by atoms with E-state index in [9.17, 15) is 0 Å². The molecule has 0 radical (unpaired) electrons. The molecule has 0 amide bonds. The van der Waals surface area contributed by atoms with Gasteiger partial charge >= 0.3 is 0 Å². The van der Waals surface area contributed by atoms with Crippen LogP contribution in [0.2, 0.25) is 0 Å². The first-order chi connectivity index (χ1) is 18.4. The Kier molecular flexibility index (Phi) is 5.19. The third-order valence-corrected chi connectivity index (χ3v) is 7.21. The summed E-state index contributed by atoms with van der Waals surface area (Å²) in [7, 11) is 0. The van der Waals surface area contributed by atoms with Gasteiger partial charge in [0.2, 0.25) is 0 Å². The second-order valence-electron chi connectivity index (χ2n) is 9.41. The topological polar surface area (TPSA) is 4.93 Å². The lowest BCUT2D eigenvalue weighted by Crippen LogP contribution is -1.96. The average molecular weight is 472 g/mol. The zero-order chi connectivity index (χ0) is 24.6. The molecule has 0 saturated carbocycles. The highest BCUT2D eigenvalue weighted by molar-refractivity contribution is 6.11. The van der Waals surface area contributed by atoms with Gasteiger partial charge < -0.3 is 4.57 Å². The summed E-state index contributed by atoms with van der Waals surface area (Å²) in [4.78, 5) is 0. The minimum atomic E-state index is 1.19. The molecule has 0 aliphatic heterocycles. The van der Waals surface area contributed by atoms with E-state index < -0.39 is 0 Å². The standard InChI is InChI=1S/C36H25N/c1-3-12-26(13-4-1)28-16-11-17-29(24-28)30-22-23-36-33(25-30)32-19-8-10-21-35(32)37(36)34-20-9-7-18-31(34)27-14-5-2-6-15-27/h1-25H. The number of hydrogen-bond acceptors (Lipinski definition) is 0. The van der Waals surface area contributed by atoms with Crippen molar-refractivity contribution in [3.63, 3.8) is 0 Å². The molecular formula is C36H25N. The molecule has 0 spiro atoms. The van der Waals surface area contributed by atoms with Gasteiger partial charge in [-0.1, -0.05) is 121 Å². The number of rotatable bonds is 4. The van der Waals surface area contributed by atoms with Gasteiger partial charge in [0.25, 0.3) is 0 Å². The molecule has 0 bridgehead atoms. The van der Waals surface area contributed by atoms with Gasteiger partial charge in [0, 0.05) is 16.3 Å². The third kappa shape index (κ3) is 3.73. The van der Waals surface area contributed by atoms with Crippen LogP contribution in [0.3, 0.4) is 0 Å². The molecule has 0 aliphatic rings. The molecule has 0 unspecified atom stereocenters. The highest BCUT2D eigenvalue weighted by Crippen LogP contribution is 2.38. The molecule has 0 N–H and O–H groups in total. The fourth-order valence-electron chi connectivity index (χ4n) is 5.45. The highest BCUT2D eigenvalue weighted by atomic mass is 15.0. The van der Waals surface area contributed by atoms with Gasteiger partial charge in [-0.15, -0.1) is 0 Å². The summed E-state index contributed by atoms with van der Waals surface area (Å²) in [6.45, 7) is 0. The van der Waals surface area contributed by atoms with Crippen molar-refractivity contribution in [1.82, 2.24) is 4.57 Å². The Labute approximate surface area is 216 Å². The fraction of sp³-hybridized carbons (Fsp3) is 0. The Bertz CT molecular complexity index is 1860. The molecule has 7 rings (SSSR count). The molecule has 37 heavy (non-hydrogen) atoms. The summed E-state index contributed by atoms with van der Waals surface area (Å²) >= 11 is 0. The minimum Gasteiger partial charge on any atom is -0.309 e. The quantitative estimate of drug-likeness (QED) is 0.241. The van der Waals surface area contributed by atoms with Crippen LogP contribution in [0.5, 0.6) is 0 Å². The summed E-state index contributed by atoms with van der Waals surface area (Å²) in [5, 5.41) is 2.53. The number of benzene rings is 6. The van der Waals surface area contributed by atoms with E-state index in [0.29, 0.717) is 0 Å². The Morgan fingerprint density at radius 2 is 0.892 bits per heavy atom. The van der Waals surface area contributed by atoms with Crippen LogP contribution >= 0.6 is 0 Å². The van der Waals surface area contributed by atoms with E-state index in [-0.39, 0.29) is 0 Å². The SMILES string of the molecule is c1ccc(-c2cccc(-c3ccc4c(c3)c3ccccc3n4-c3ccccc3-c3ccccc3)c2)cc1. The summed E-state index contributed by atoms with van der Waals surface area (Å²) in [5.74, 6) is 0. The van der Waals surface area contributed by atoms with E-state index in [1.807, 2.05) is 0 Å². The highest BCUT2D eigenvalue weighted by Gasteiger charge is 2.16. The van der Waals surface area contributed by atoms with Crippen LogP contribution in [-0.2, 0) is 0 Å². The number of nitrogens with zero attached hydrogens (tertiary/aromatic N) is 1. The average Bonchev–Trinajstić information content (AvgIpc) is 3.32. The molecule has 1 heteroatoms. The maximum atomic E-state index is 2.41. The number of hydrogen-bond donors (Lipinski definition) is 0. The molecule has 0 saturated heterocycles. The molecule has 0 atom stereocenters. The lowest BCUT2D eigenvalue weighted by Gasteiger charge is -2.14. The first kappa shape index (κ1) is 21.4.